The monoisotopic (exact) mass is 308 g/mol. The highest BCUT2D eigenvalue weighted by molar-refractivity contribution is 5.94. The Hall–Kier alpha value is -1.46. The molecule has 1 aliphatic heterocycles. The van der Waals surface area contributed by atoms with Crippen LogP contribution in [0.2, 0.25) is 0 Å². The third-order valence-electron chi connectivity index (χ3n) is 4.11. The molecule has 1 aliphatic rings. The van der Waals surface area contributed by atoms with Gasteiger partial charge in [-0.25, -0.2) is 4.39 Å². The zero-order valence-electron chi connectivity index (χ0n) is 13.0. The molecule has 0 radical (unpaired) electrons. The molecule has 0 aromatic heterocycles. The van der Waals surface area contributed by atoms with Crippen LogP contribution in [0.5, 0.6) is 0 Å². The van der Waals surface area contributed by atoms with Crippen molar-refractivity contribution < 1.29 is 14.3 Å². The molecule has 122 valence electrons. The second-order valence-electron chi connectivity index (χ2n) is 5.75. The summed E-state index contributed by atoms with van der Waals surface area (Å²) in [6.07, 6.45) is 3.87. The Labute approximate surface area is 131 Å². The van der Waals surface area contributed by atoms with Gasteiger partial charge in [-0.1, -0.05) is 12.1 Å². The van der Waals surface area contributed by atoms with Crippen molar-refractivity contribution in [1.29, 1.82) is 0 Å². The smallest absolute Gasteiger partial charge is 0.256 e. The molecule has 0 saturated carbocycles. The number of aliphatic hydroxyl groups is 1. The number of hydrogen-bond donors (Lipinski definition) is 1. The second kappa shape index (κ2) is 8.86. The molecule has 0 unspecified atom stereocenters. The third kappa shape index (κ3) is 4.78. The summed E-state index contributed by atoms with van der Waals surface area (Å²) in [5, 5.41) is 8.79. The molecule has 0 atom stereocenters. The minimum absolute atomic E-state index is 0.166. The molecule has 5 heteroatoms. The van der Waals surface area contributed by atoms with Gasteiger partial charge >= 0.3 is 0 Å². The molecule has 1 saturated heterocycles. The molecule has 2 rings (SSSR count). The maximum absolute atomic E-state index is 13.7. The Bertz CT molecular complexity index is 481. The van der Waals surface area contributed by atoms with Gasteiger partial charge in [0.15, 0.2) is 0 Å². The summed E-state index contributed by atoms with van der Waals surface area (Å²) in [7, 11) is 0. The summed E-state index contributed by atoms with van der Waals surface area (Å²) >= 11 is 0. The number of hydrogen-bond acceptors (Lipinski definition) is 3. The van der Waals surface area contributed by atoms with E-state index in [0.717, 1.165) is 45.3 Å². The van der Waals surface area contributed by atoms with Crippen LogP contribution >= 0.6 is 0 Å². The largest absolute Gasteiger partial charge is 0.396 e. The Balaban J connectivity index is 1.85. The molecule has 0 spiro atoms. The van der Waals surface area contributed by atoms with Gasteiger partial charge in [0.25, 0.3) is 5.91 Å². The van der Waals surface area contributed by atoms with Crippen molar-refractivity contribution in [3.05, 3.63) is 35.6 Å². The minimum atomic E-state index is -0.447. The highest BCUT2D eigenvalue weighted by Gasteiger charge is 2.21. The molecular weight excluding hydrogens is 283 g/mol. The van der Waals surface area contributed by atoms with Crippen LogP contribution in [0.3, 0.4) is 0 Å². The van der Waals surface area contributed by atoms with Crippen LogP contribution in [0.25, 0.3) is 0 Å². The third-order valence-corrected chi connectivity index (χ3v) is 4.11. The van der Waals surface area contributed by atoms with Crippen molar-refractivity contribution in [3.63, 3.8) is 0 Å². The van der Waals surface area contributed by atoms with E-state index in [0.29, 0.717) is 13.1 Å². The van der Waals surface area contributed by atoms with Crippen LogP contribution < -0.4 is 0 Å². The Morgan fingerprint density at radius 2 is 1.91 bits per heavy atom. The van der Waals surface area contributed by atoms with Crippen LogP contribution in [0.1, 0.15) is 36.0 Å². The molecule has 4 nitrogen and oxygen atoms in total. The van der Waals surface area contributed by atoms with Crippen molar-refractivity contribution in [2.24, 2.45) is 0 Å². The Kier molecular flexibility index (Phi) is 6.80. The van der Waals surface area contributed by atoms with Gasteiger partial charge in [0, 0.05) is 26.2 Å². The molecule has 22 heavy (non-hydrogen) atoms. The predicted octanol–water partition coefficient (Wildman–Crippen LogP) is 2.14. The molecule has 1 aromatic carbocycles. The standard InChI is InChI=1S/C17H25FN2O2/c18-16-8-3-2-7-15(16)17(22)20-11-6-10-19(12-13-20)9-4-1-5-14-21/h2-3,7-8,21H,1,4-6,9-14H2. The first-order valence-corrected chi connectivity index (χ1v) is 8.09. The number of unbranched alkanes of at least 4 members (excludes halogenated alkanes) is 2. The maximum atomic E-state index is 13.7. The number of aliphatic hydroxyl groups excluding tert-OH is 1. The minimum Gasteiger partial charge on any atom is -0.396 e. The summed E-state index contributed by atoms with van der Waals surface area (Å²) in [5.74, 6) is -0.655. The fourth-order valence-corrected chi connectivity index (χ4v) is 2.83. The van der Waals surface area contributed by atoms with Crippen molar-refractivity contribution in [1.82, 2.24) is 9.80 Å². The Morgan fingerprint density at radius 1 is 1.09 bits per heavy atom. The number of amides is 1. The first kappa shape index (κ1) is 16.9. The predicted molar refractivity (Wildman–Crippen MR) is 84.3 cm³/mol. The van der Waals surface area contributed by atoms with Crippen molar-refractivity contribution in [3.8, 4) is 0 Å². The van der Waals surface area contributed by atoms with Crippen LogP contribution in [-0.2, 0) is 0 Å². The number of carbonyl (C=O) groups is 1. The van der Waals surface area contributed by atoms with E-state index in [2.05, 4.69) is 4.90 Å². The number of rotatable bonds is 6. The van der Waals surface area contributed by atoms with Gasteiger partial charge in [-0.2, -0.15) is 0 Å². The molecule has 0 bridgehead atoms. The lowest BCUT2D eigenvalue weighted by Crippen LogP contribution is -2.35. The van der Waals surface area contributed by atoms with E-state index < -0.39 is 5.82 Å². The first-order chi connectivity index (χ1) is 10.7. The zero-order valence-corrected chi connectivity index (χ0v) is 13.0. The van der Waals surface area contributed by atoms with E-state index in [1.165, 1.54) is 6.07 Å². The van der Waals surface area contributed by atoms with Gasteiger partial charge < -0.3 is 14.9 Å². The molecular formula is C17H25FN2O2. The van der Waals surface area contributed by atoms with Crippen molar-refractivity contribution in [2.75, 3.05) is 39.3 Å². The fourth-order valence-electron chi connectivity index (χ4n) is 2.83. The lowest BCUT2D eigenvalue weighted by molar-refractivity contribution is 0.0756. The van der Waals surface area contributed by atoms with Crippen LogP contribution in [0, 0.1) is 5.82 Å². The number of carbonyl (C=O) groups excluding carboxylic acids is 1. The van der Waals surface area contributed by atoms with Gasteiger partial charge in [0.2, 0.25) is 0 Å². The Morgan fingerprint density at radius 3 is 2.68 bits per heavy atom. The van der Waals surface area contributed by atoms with E-state index >= 15 is 0 Å². The zero-order chi connectivity index (χ0) is 15.8. The fraction of sp³-hybridized carbons (Fsp3) is 0.588. The van der Waals surface area contributed by atoms with E-state index in [9.17, 15) is 9.18 Å². The van der Waals surface area contributed by atoms with Gasteiger partial charge in [-0.05, 0) is 50.9 Å². The van der Waals surface area contributed by atoms with E-state index in [4.69, 9.17) is 5.11 Å². The second-order valence-corrected chi connectivity index (χ2v) is 5.75. The number of nitrogens with zero attached hydrogens (tertiary/aromatic N) is 2. The van der Waals surface area contributed by atoms with Gasteiger partial charge in [-0.3, -0.25) is 4.79 Å². The summed E-state index contributed by atoms with van der Waals surface area (Å²) in [6, 6.07) is 6.18. The quantitative estimate of drug-likeness (QED) is 0.819. The lowest BCUT2D eigenvalue weighted by atomic mass is 10.2. The van der Waals surface area contributed by atoms with Gasteiger partial charge in [0.05, 0.1) is 5.56 Å². The topological polar surface area (TPSA) is 43.8 Å². The highest BCUT2D eigenvalue weighted by Crippen LogP contribution is 2.13. The summed E-state index contributed by atoms with van der Waals surface area (Å²) in [6.45, 7) is 4.39. The first-order valence-electron chi connectivity index (χ1n) is 8.09. The maximum Gasteiger partial charge on any atom is 0.256 e. The molecule has 1 N–H and O–H groups in total. The molecule has 1 heterocycles. The molecule has 1 fully saturated rings. The normalized spacial score (nSPS) is 16.5. The summed E-state index contributed by atoms with van der Waals surface area (Å²) in [4.78, 5) is 16.5. The molecule has 0 aliphatic carbocycles. The highest BCUT2D eigenvalue weighted by atomic mass is 19.1. The average Bonchev–Trinajstić information content (AvgIpc) is 2.77. The average molecular weight is 308 g/mol. The van der Waals surface area contributed by atoms with Crippen molar-refractivity contribution in [2.45, 2.75) is 25.7 Å². The van der Waals surface area contributed by atoms with E-state index in [-0.39, 0.29) is 18.1 Å². The number of halogens is 1. The van der Waals surface area contributed by atoms with Crippen molar-refractivity contribution >= 4 is 5.91 Å². The lowest BCUT2D eigenvalue weighted by Gasteiger charge is -2.22. The molecule has 1 amide bonds. The van der Waals surface area contributed by atoms with Gasteiger partial charge in [-0.15, -0.1) is 0 Å². The molecule has 1 aromatic rings. The van der Waals surface area contributed by atoms with Crippen LogP contribution in [0.4, 0.5) is 4.39 Å². The SMILES string of the molecule is O=C(c1ccccc1F)N1CCCN(CCCCCO)CC1. The van der Waals surface area contributed by atoms with Crippen LogP contribution in [0.15, 0.2) is 24.3 Å². The van der Waals surface area contributed by atoms with Gasteiger partial charge in [0.1, 0.15) is 5.82 Å². The van der Waals surface area contributed by atoms with E-state index in [1.807, 2.05) is 0 Å². The van der Waals surface area contributed by atoms with Crippen LogP contribution in [-0.4, -0.2) is 60.1 Å². The summed E-state index contributed by atoms with van der Waals surface area (Å²) < 4.78 is 13.7. The number of benzene rings is 1. The summed E-state index contributed by atoms with van der Waals surface area (Å²) in [5.41, 5.74) is 0.166. The van der Waals surface area contributed by atoms with E-state index in [1.54, 1.807) is 23.1 Å².